The number of benzene rings is 1. The maximum absolute atomic E-state index is 12.7. The Bertz CT molecular complexity index is 578. The molecule has 3 N–H and O–H groups in total. The number of rotatable bonds is 3. The van der Waals surface area contributed by atoms with E-state index in [-0.39, 0.29) is 42.0 Å². The lowest BCUT2D eigenvalue weighted by Crippen LogP contribution is -2.53. The summed E-state index contributed by atoms with van der Waals surface area (Å²) in [6, 6.07) is 4.73. The molecule has 1 atom stereocenters. The molecule has 0 bridgehead atoms. The van der Waals surface area contributed by atoms with Crippen LogP contribution < -0.4 is 11.1 Å². The fourth-order valence-corrected chi connectivity index (χ4v) is 2.80. The molecule has 4 nitrogen and oxygen atoms in total. The minimum Gasteiger partial charge on any atom is -0.327 e. The van der Waals surface area contributed by atoms with Crippen LogP contribution in [0.3, 0.4) is 0 Å². The fraction of sp³-hybridized carbons (Fsp3) is 0.562. The van der Waals surface area contributed by atoms with Crippen LogP contribution in [0.5, 0.6) is 0 Å². The predicted octanol–water partition coefficient (Wildman–Crippen LogP) is 3.12. The quantitative estimate of drug-likeness (QED) is 0.865. The van der Waals surface area contributed by atoms with Gasteiger partial charge in [-0.25, -0.2) is 0 Å². The SMILES string of the molecule is CC1(C)CN(CC(=O)Nc2cccc(C(F)(F)F)c2)CCC1N.Cl. The van der Waals surface area contributed by atoms with Gasteiger partial charge >= 0.3 is 6.18 Å². The maximum Gasteiger partial charge on any atom is 0.416 e. The molecule has 136 valence electrons. The van der Waals surface area contributed by atoms with Crippen molar-refractivity contribution >= 4 is 24.0 Å². The zero-order valence-electron chi connectivity index (χ0n) is 13.7. The van der Waals surface area contributed by atoms with Gasteiger partial charge in [0.25, 0.3) is 0 Å². The largest absolute Gasteiger partial charge is 0.416 e. The highest BCUT2D eigenvalue weighted by Gasteiger charge is 2.34. The van der Waals surface area contributed by atoms with Gasteiger partial charge in [-0.3, -0.25) is 9.69 Å². The van der Waals surface area contributed by atoms with Crippen molar-refractivity contribution in [2.75, 3.05) is 25.0 Å². The van der Waals surface area contributed by atoms with E-state index in [0.29, 0.717) is 13.1 Å². The number of piperidine rings is 1. The number of halogens is 4. The van der Waals surface area contributed by atoms with Crippen molar-refractivity contribution in [3.8, 4) is 0 Å². The van der Waals surface area contributed by atoms with E-state index in [4.69, 9.17) is 5.73 Å². The van der Waals surface area contributed by atoms with E-state index < -0.39 is 11.7 Å². The molecule has 2 rings (SSSR count). The molecule has 8 heteroatoms. The number of nitrogens with two attached hydrogens (primary N) is 1. The Morgan fingerprint density at radius 3 is 2.67 bits per heavy atom. The Hall–Kier alpha value is -1.31. The summed E-state index contributed by atoms with van der Waals surface area (Å²) in [5.41, 5.74) is 5.34. The monoisotopic (exact) mass is 365 g/mol. The topological polar surface area (TPSA) is 58.4 Å². The van der Waals surface area contributed by atoms with Gasteiger partial charge in [0.1, 0.15) is 0 Å². The second kappa shape index (κ2) is 7.72. The molecule has 0 aromatic heterocycles. The molecule has 1 aliphatic rings. The van der Waals surface area contributed by atoms with Gasteiger partial charge in [0, 0.05) is 24.8 Å². The van der Waals surface area contributed by atoms with Crippen LogP contribution in [0, 0.1) is 5.41 Å². The Balaban J connectivity index is 0.00000288. The van der Waals surface area contributed by atoms with Crippen LogP contribution >= 0.6 is 12.4 Å². The molecule has 1 heterocycles. The van der Waals surface area contributed by atoms with E-state index in [9.17, 15) is 18.0 Å². The van der Waals surface area contributed by atoms with Crippen LogP contribution in [-0.2, 0) is 11.0 Å². The average molecular weight is 366 g/mol. The van der Waals surface area contributed by atoms with Crippen LogP contribution in [0.25, 0.3) is 0 Å². The number of carbonyl (C=O) groups is 1. The Morgan fingerprint density at radius 1 is 1.42 bits per heavy atom. The van der Waals surface area contributed by atoms with Crippen LogP contribution in [-0.4, -0.2) is 36.5 Å². The highest BCUT2D eigenvalue weighted by molar-refractivity contribution is 5.92. The van der Waals surface area contributed by atoms with Crippen molar-refractivity contribution in [2.24, 2.45) is 11.1 Å². The molecule has 1 amide bonds. The number of likely N-dealkylation sites (tertiary alicyclic amines) is 1. The molecule has 1 aromatic carbocycles. The van der Waals surface area contributed by atoms with E-state index >= 15 is 0 Å². The van der Waals surface area contributed by atoms with Gasteiger partial charge in [-0.1, -0.05) is 19.9 Å². The maximum atomic E-state index is 12.7. The number of hydrogen-bond donors (Lipinski definition) is 2. The molecule has 1 saturated heterocycles. The lowest BCUT2D eigenvalue weighted by atomic mass is 9.80. The Labute approximate surface area is 146 Å². The van der Waals surface area contributed by atoms with E-state index in [0.717, 1.165) is 18.6 Å². The van der Waals surface area contributed by atoms with Gasteiger partial charge in [0.2, 0.25) is 5.91 Å². The van der Waals surface area contributed by atoms with Crippen molar-refractivity contribution < 1.29 is 18.0 Å². The number of nitrogens with zero attached hydrogens (tertiary/aromatic N) is 1. The highest BCUT2D eigenvalue weighted by Crippen LogP contribution is 2.31. The Kier molecular flexibility index (Phi) is 6.67. The second-order valence-electron chi connectivity index (χ2n) is 6.72. The lowest BCUT2D eigenvalue weighted by Gasteiger charge is -2.42. The molecule has 1 unspecified atom stereocenters. The third-order valence-corrected chi connectivity index (χ3v) is 4.23. The summed E-state index contributed by atoms with van der Waals surface area (Å²) < 4.78 is 38.0. The molecule has 1 aromatic rings. The summed E-state index contributed by atoms with van der Waals surface area (Å²) in [6.45, 7) is 5.64. The summed E-state index contributed by atoms with van der Waals surface area (Å²) in [5, 5.41) is 2.53. The molecule has 0 radical (unpaired) electrons. The minimum absolute atomic E-state index is 0. The molecular weight excluding hydrogens is 343 g/mol. The summed E-state index contributed by atoms with van der Waals surface area (Å²) in [7, 11) is 0. The zero-order valence-corrected chi connectivity index (χ0v) is 14.5. The third-order valence-electron chi connectivity index (χ3n) is 4.23. The fourth-order valence-electron chi connectivity index (χ4n) is 2.80. The number of alkyl halides is 3. The van der Waals surface area contributed by atoms with Gasteiger partial charge in [0.05, 0.1) is 12.1 Å². The molecule has 1 fully saturated rings. The van der Waals surface area contributed by atoms with E-state index in [2.05, 4.69) is 19.2 Å². The van der Waals surface area contributed by atoms with E-state index in [1.165, 1.54) is 12.1 Å². The first-order valence-electron chi connectivity index (χ1n) is 7.53. The predicted molar refractivity (Wildman–Crippen MR) is 90.1 cm³/mol. The number of anilines is 1. The average Bonchev–Trinajstić information content (AvgIpc) is 2.42. The van der Waals surface area contributed by atoms with Crippen molar-refractivity contribution in [1.82, 2.24) is 4.90 Å². The van der Waals surface area contributed by atoms with Crippen LogP contribution in [0.4, 0.5) is 18.9 Å². The molecular formula is C16H23ClF3N3O. The van der Waals surface area contributed by atoms with Crippen LogP contribution in [0.15, 0.2) is 24.3 Å². The van der Waals surface area contributed by atoms with Crippen molar-refractivity contribution in [1.29, 1.82) is 0 Å². The number of hydrogen-bond acceptors (Lipinski definition) is 3. The molecule has 1 aliphatic heterocycles. The Morgan fingerprint density at radius 2 is 2.08 bits per heavy atom. The normalized spacial score (nSPS) is 21.0. The summed E-state index contributed by atoms with van der Waals surface area (Å²) >= 11 is 0. The van der Waals surface area contributed by atoms with Gasteiger partial charge in [0.15, 0.2) is 0 Å². The molecule has 24 heavy (non-hydrogen) atoms. The first-order valence-corrected chi connectivity index (χ1v) is 7.53. The molecule has 0 saturated carbocycles. The van der Waals surface area contributed by atoms with Crippen molar-refractivity contribution in [2.45, 2.75) is 32.5 Å². The smallest absolute Gasteiger partial charge is 0.327 e. The summed E-state index contributed by atoms with van der Waals surface area (Å²) in [5.74, 6) is -0.324. The lowest BCUT2D eigenvalue weighted by molar-refractivity contribution is -0.137. The van der Waals surface area contributed by atoms with E-state index in [1.54, 1.807) is 0 Å². The summed E-state index contributed by atoms with van der Waals surface area (Å²) in [4.78, 5) is 14.0. The zero-order chi connectivity index (χ0) is 17.3. The third kappa shape index (κ3) is 5.36. The number of amides is 1. The highest BCUT2D eigenvalue weighted by atomic mass is 35.5. The van der Waals surface area contributed by atoms with Crippen molar-refractivity contribution in [3.63, 3.8) is 0 Å². The first-order chi connectivity index (χ1) is 10.6. The van der Waals surface area contributed by atoms with Gasteiger partial charge in [-0.05, 0) is 30.0 Å². The van der Waals surface area contributed by atoms with Crippen molar-refractivity contribution in [3.05, 3.63) is 29.8 Å². The van der Waals surface area contributed by atoms with Gasteiger partial charge in [-0.2, -0.15) is 13.2 Å². The standard InChI is InChI=1S/C16H22F3N3O.ClH/c1-15(2)10-22(7-6-13(15)20)9-14(23)21-12-5-3-4-11(8-12)16(17,18)19;/h3-5,8,13H,6-7,9-10,20H2,1-2H3,(H,21,23);1H. The molecule has 0 aliphatic carbocycles. The summed E-state index contributed by atoms with van der Waals surface area (Å²) in [6.07, 6.45) is -3.63. The second-order valence-corrected chi connectivity index (χ2v) is 6.72. The van der Waals surface area contributed by atoms with Gasteiger partial charge < -0.3 is 11.1 Å². The minimum atomic E-state index is -4.42. The van der Waals surface area contributed by atoms with Gasteiger partial charge in [-0.15, -0.1) is 12.4 Å². The first kappa shape index (κ1) is 20.7. The van der Waals surface area contributed by atoms with Crippen LogP contribution in [0.1, 0.15) is 25.8 Å². The number of nitrogens with one attached hydrogen (secondary N) is 1. The molecule has 0 spiro atoms. The number of carbonyl (C=O) groups excluding carboxylic acids is 1. The van der Waals surface area contributed by atoms with E-state index in [1.807, 2.05) is 4.90 Å². The van der Waals surface area contributed by atoms with Crippen LogP contribution in [0.2, 0.25) is 0 Å².